The second kappa shape index (κ2) is 3.73. The molecule has 74 valence electrons. The normalized spacial score (nSPS) is 14.5. The van der Waals surface area contributed by atoms with Gasteiger partial charge in [0.15, 0.2) is 0 Å². The van der Waals surface area contributed by atoms with E-state index in [1.54, 1.807) is 0 Å². The van der Waals surface area contributed by atoms with Crippen LogP contribution in [0.25, 0.3) is 0 Å². The zero-order valence-corrected chi connectivity index (χ0v) is 6.54. The molecular formula is C6H8F3N3O. The number of H-pyrrole nitrogens is 1. The number of hydrogen-bond acceptors (Lipinski definition) is 3. The molecule has 1 atom stereocenters. The molecule has 4 nitrogen and oxygen atoms in total. The van der Waals surface area contributed by atoms with Crippen LogP contribution in [0.15, 0.2) is 6.20 Å². The number of rotatable bonds is 3. The Morgan fingerprint density at radius 1 is 1.54 bits per heavy atom. The van der Waals surface area contributed by atoms with E-state index < -0.39 is 25.1 Å². The second-order valence-electron chi connectivity index (χ2n) is 2.56. The number of aromatic amines is 1. The van der Waals surface area contributed by atoms with Gasteiger partial charge in [0, 0.05) is 6.42 Å². The molecule has 1 unspecified atom stereocenters. The molecule has 0 spiro atoms. The molecular weight excluding hydrogens is 187 g/mol. The first kappa shape index (κ1) is 9.97. The molecule has 1 heterocycles. The summed E-state index contributed by atoms with van der Waals surface area (Å²) in [5.74, 6) is 0. The Bertz CT molecular complexity index is 246. The van der Waals surface area contributed by atoms with Crippen molar-refractivity contribution in [2.24, 2.45) is 0 Å². The smallest absolute Gasteiger partial charge is 0.387 e. The third-order valence-corrected chi connectivity index (χ3v) is 1.48. The van der Waals surface area contributed by atoms with E-state index in [0.717, 1.165) is 0 Å². The fourth-order valence-corrected chi connectivity index (χ4v) is 0.819. The molecule has 0 radical (unpaired) electrons. The van der Waals surface area contributed by atoms with E-state index in [2.05, 4.69) is 15.4 Å². The van der Waals surface area contributed by atoms with Crippen molar-refractivity contribution in [3.05, 3.63) is 11.9 Å². The molecule has 0 amide bonds. The first-order chi connectivity index (χ1) is 5.99. The fraction of sp³-hybridized carbons (Fsp3) is 0.667. The molecule has 1 aromatic rings. The topological polar surface area (TPSA) is 61.8 Å². The Morgan fingerprint density at radius 3 is 2.69 bits per heavy atom. The first-order valence-corrected chi connectivity index (χ1v) is 3.59. The molecule has 0 fully saturated rings. The standard InChI is InChI=1S/C6H8F3N3O/c7-6(8,9)2-1-5(13)4-3-10-12-11-4/h3,5,13H,1-2H2,(H,10,11,12). The molecule has 7 heteroatoms. The Labute approximate surface area is 71.8 Å². The zero-order chi connectivity index (χ0) is 9.90. The number of halogens is 3. The van der Waals surface area contributed by atoms with Crippen molar-refractivity contribution in [1.29, 1.82) is 0 Å². The maximum Gasteiger partial charge on any atom is 0.389 e. The number of nitrogens with one attached hydrogen (secondary N) is 1. The SMILES string of the molecule is OC(CCC(F)(F)F)c1cn[nH]n1. The summed E-state index contributed by atoms with van der Waals surface area (Å²) in [6.45, 7) is 0. The minimum Gasteiger partial charge on any atom is -0.387 e. The van der Waals surface area contributed by atoms with E-state index >= 15 is 0 Å². The van der Waals surface area contributed by atoms with Crippen LogP contribution in [0.2, 0.25) is 0 Å². The molecule has 0 aromatic carbocycles. The average molecular weight is 195 g/mol. The molecule has 0 aliphatic carbocycles. The molecule has 2 N–H and O–H groups in total. The van der Waals surface area contributed by atoms with Crippen LogP contribution >= 0.6 is 0 Å². The number of hydrogen-bond donors (Lipinski definition) is 2. The lowest BCUT2D eigenvalue weighted by atomic mass is 10.1. The summed E-state index contributed by atoms with van der Waals surface area (Å²) >= 11 is 0. The summed E-state index contributed by atoms with van der Waals surface area (Å²) in [4.78, 5) is 0. The molecule has 0 saturated heterocycles. The molecule has 13 heavy (non-hydrogen) atoms. The number of nitrogens with zero attached hydrogens (tertiary/aromatic N) is 2. The predicted octanol–water partition coefficient (Wildman–Crippen LogP) is 1.18. The Morgan fingerprint density at radius 2 is 2.23 bits per heavy atom. The quantitative estimate of drug-likeness (QED) is 0.761. The number of aromatic nitrogens is 3. The Balaban J connectivity index is 2.39. The predicted molar refractivity (Wildman–Crippen MR) is 36.6 cm³/mol. The van der Waals surface area contributed by atoms with Gasteiger partial charge in [-0.15, -0.1) is 0 Å². The van der Waals surface area contributed by atoms with Crippen molar-refractivity contribution in [3.63, 3.8) is 0 Å². The first-order valence-electron chi connectivity index (χ1n) is 3.59. The van der Waals surface area contributed by atoms with E-state index in [1.165, 1.54) is 6.20 Å². The highest BCUT2D eigenvalue weighted by atomic mass is 19.4. The number of aliphatic hydroxyl groups is 1. The monoisotopic (exact) mass is 195 g/mol. The van der Waals surface area contributed by atoms with Crippen LogP contribution in [0.5, 0.6) is 0 Å². The van der Waals surface area contributed by atoms with Gasteiger partial charge >= 0.3 is 6.18 Å². The van der Waals surface area contributed by atoms with Crippen LogP contribution in [0.4, 0.5) is 13.2 Å². The molecule has 1 rings (SSSR count). The summed E-state index contributed by atoms with van der Waals surface area (Å²) in [5, 5.41) is 18.2. The van der Waals surface area contributed by atoms with Gasteiger partial charge < -0.3 is 5.11 Å². The highest BCUT2D eigenvalue weighted by Gasteiger charge is 2.28. The molecule has 0 aliphatic heterocycles. The van der Waals surface area contributed by atoms with Crippen molar-refractivity contribution in [2.75, 3.05) is 0 Å². The van der Waals surface area contributed by atoms with Crippen LogP contribution in [-0.2, 0) is 0 Å². The highest BCUT2D eigenvalue weighted by Crippen LogP contribution is 2.26. The molecule has 1 aromatic heterocycles. The van der Waals surface area contributed by atoms with Gasteiger partial charge in [-0.3, -0.25) is 0 Å². The van der Waals surface area contributed by atoms with E-state index in [-0.39, 0.29) is 5.69 Å². The van der Waals surface area contributed by atoms with E-state index in [1.807, 2.05) is 0 Å². The van der Waals surface area contributed by atoms with E-state index in [4.69, 9.17) is 5.11 Å². The van der Waals surface area contributed by atoms with Crippen LogP contribution in [0.1, 0.15) is 24.6 Å². The van der Waals surface area contributed by atoms with Crippen LogP contribution in [0.3, 0.4) is 0 Å². The third kappa shape index (κ3) is 3.41. The van der Waals surface area contributed by atoms with Gasteiger partial charge in [-0.2, -0.15) is 28.6 Å². The summed E-state index contributed by atoms with van der Waals surface area (Å²) in [7, 11) is 0. The average Bonchev–Trinajstić information content (AvgIpc) is 2.50. The van der Waals surface area contributed by atoms with Crippen molar-refractivity contribution in [2.45, 2.75) is 25.1 Å². The van der Waals surface area contributed by atoms with Gasteiger partial charge in [-0.25, -0.2) is 0 Å². The third-order valence-electron chi connectivity index (χ3n) is 1.48. The van der Waals surface area contributed by atoms with Crippen LogP contribution in [-0.4, -0.2) is 26.7 Å². The van der Waals surface area contributed by atoms with Crippen LogP contribution < -0.4 is 0 Å². The van der Waals surface area contributed by atoms with E-state index in [9.17, 15) is 13.2 Å². The lowest BCUT2D eigenvalue weighted by Crippen LogP contribution is -2.10. The van der Waals surface area contributed by atoms with Gasteiger partial charge in [0.25, 0.3) is 0 Å². The number of alkyl halides is 3. The van der Waals surface area contributed by atoms with Crippen molar-refractivity contribution in [1.82, 2.24) is 15.4 Å². The number of aliphatic hydroxyl groups excluding tert-OH is 1. The van der Waals surface area contributed by atoms with Gasteiger partial charge in [-0.05, 0) is 6.42 Å². The van der Waals surface area contributed by atoms with Crippen molar-refractivity contribution >= 4 is 0 Å². The summed E-state index contributed by atoms with van der Waals surface area (Å²) in [6, 6.07) is 0. The summed E-state index contributed by atoms with van der Waals surface area (Å²) in [5.41, 5.74) is 0.129. The maximum absolute atomic E-state index is 11.7. The largest absolute Gasteiger partial charge is 0.389 e. The van der Waals surface area contributed by atoms with Gasteiger partial charge in [0.2, 0.25) is 0 Å². The van der Waals surface area contributed by atoms with E-state index in [0.29, 0.717) is 0 Å². The highest BCUT2D eigenvalue weighted by molar-refractivity contribution is 4.95. The van der Waals surface area contributed by atoms with Crippen molar-refractivity contribution < 1.29 is 18.3 Å². The minimum absolute atomic E-state index is 0.129. The van der Waals surface area contributed by atoms with Gasteiger partial charge in [0.05, 0.1) is 12.3 Å². The molecule has 0 bridgehead atoms. The van der Waals surface area contributed by atoms with Crippen molar-refractivity contribution in [3.8, 4) is 0 Å². The minimum atomic E-state index is -4.25. The molecule has 0 aliphatic rings. The summed E-state index contributed by atoms with van der Waals surface area (Å²) in [6.07, 6.45) is -5.68. The van der Waals surface area contributed by atoms with Crippen LogP contribution in [0, 0.1) is 0 Å². The van der Waals surface area contributed by atoms with Gasteiger partial charge in [0.1, 0.15) is 5.69 Å². The Kier molecular flexibility index (Phi) is 2.86. The lowest BCUT2D eigenvalue weighted by molar-refractivity contribution is -0.140. The summed E-state index contributed by atoms with van der Waals surface area (Å²) < 4.78 is 35.1. The zero-order valence-electron chi connectivity index (χ0n) is 6.54. The fourth-order valence-electron chi connectivity index (χ4n) is 0.819. The Hall–Kier alpha value is -1.11. The second-order valence-corrected chi connectivity index (χ2v) is 2.56. The molecule has 0 saturated carbocycles. The maximum atomic E-state index is 11.7. The lowest BCUT2D eigenvalue weighted by Gasteiger charge is -2.08. The van der Waals surface area contributed by atoms with Gasteiger partial charge in [-0.1, -0.05) is 0 Å².